The second-order valence-electron chi connectivity index (χ2n) is 4.76. The third kappa shape index (κ3) is 3.72. The Morgan fingerprint density at radius 2 is 2.00 bits per heavy atom. The fourth-order valence-corrected chi connectivity index (χ4v) is 2.49. The van der Waals surface area contributed by atoms with Gasteiger partial charge in [-0.15, -0.1) is 11.8 Å². The maximum atomic E-state index is 5.74. The predicted molar refractivity (Wildman–Crippen MR) is 85.1 cm³/mol. The molecule has 0 spiro atoms. The van der Waals surface area contributed by atoms with Crippen molar-refractivity contribution in [2.24, 2.45) is 0 Å². The van der Waals surface area contributed by atoms with Crippen molar-refractivity contribution in [2.45, 2.75) is 11.0 Å². The zero-order chi connectivity index (χ0) is 14.5. The lowest BCUT2D eigenvalue weighted by molar-refractivity contribution is 0.0277. The molecule has 21 heavy (non-hydrogen) atoms. The summed E-state index contributed by atoms with van der Waals surface area (Å²) in [6.07, 6.45) is 5.78. The van der Waals surface area contributed by atoms with E-state index in [-0.39, 0.29) is 6.10 Å². The van der Waals surface area contributed by atoms with E-state index in [1.165, 1.54) is 5.56 Å². The number of aromatic nitrogens is 2. The Morgan fingerprint density at radius 1 is 1.24 bits per heavy atom. The van der Waals surface area contributed by atoms with Gasteiger partial charge in [0.1, 0.15) is 0 Å². The summed E-state index contributed by atoms with van der Waals surface area (Å²) in [4.78, 5) is 9.61. The Kier molecular flexibility index (Phi) is 4.69. The van der Waals surface area contributed by atoms with Crippen LogP contribution >= 0.6 is 11.8 Å². The Labute approximate surface area is 128 Å². The zero-order valence-electron chi connectivity index (χ0n) is 11.9. The highest BCUT2D eigenvalue weighted by atomic mass is 32.2. The van der Waals surface area contributed by atoms with Crippen molar-refractivity contribution < 1.29 is 4.74 Å². The second-order valence-corrected chi connectivity index (χ2v) is 5.64. The highest BCUT2D eigenvalue weighted by molar-refractivity contribution is 7.98. The quantitative estimate of drug-likeness (QED) is 0.847. The van der Waals surface area contributed by atoms with Crippen LogP contribution in [0.3, 0.4) is 0 Å². The average molecular weight is 302 g/mol. The first-order chi connectivity index (χ1) is 10.3. The van der Waals surface area contributed by atoms with E-state index in [0.29, 0.717) is 5.95 Å². The Balaban J connectivity index is 1.65. The van der Waals surface area contributed by atoms with Gasteiger partial charge in [-0.3, -0.25) is 0 Å². The van der Waals surface area contributed by atoms with Gasteiger partial charge in [0, 0.05) is 36.1 Å². The Morgan fingerprint density at radius 3 is 2.62 bits per heavy atom. The van der Waals surface area contributed by atoms with Crippen molar-refractivity contribution in [1.82, 2.24) is 15.3 Å². The van der Waals surface area contributed by atoms with Crippen molar-refractivity contribution in [3.63, 3.8) is 0 Å². The number of anilines is 2. The fourth-order valence-electron chi connectivity index (χ4n) is 2.18. The molecular formula is C15H18N4OS. The zero-order valence-corrected chi connectivity index (χ0v) is 12.7. The third-order valence-corrected chi connectivity index (χ3v) is 4.01. The molecule has 2 N–H and O–H groups in total. The molecule has 1 fully saturated rings. The Bertz CT molecular complexity index is 567. The predicted octanol–water partition coefficient (Wildman–Crippen LogP) is 2.60. The monoisotopic (exact) mass is 302 g/mol. The number of hydrogen-bond acceptors (Lipinski definition) is 6. The number of morpholine rings is 1. The average Bonchev–Trinajstić information content (AvgIpc) is 2.57. The molecular weight excluding hydrogens is 284 g/mol. The molecule has 1 aromatic heterocycles. The molecule has 0 unspecified atom stereocenters. The number of benzene rings is 1. The number of thioether (sulfide) groups is 1. The summed E-state index contributed by atoms with van der Waals surface area (Å²) in [5.74, 6) is 0.608. The van der Waals surface area contributed by atoms with Gasteiger partial charge in [0.15, 0.2) is 0 Å². The number of nitrogens with one attached hydrogen (secondary N) is 2. The van der Waals surface area contributed by atoms with Gasteiger partial charge in [0.25, 0.3) is 0 Å². The summed E-state index contributed by atoms with van der Waals surface area (Å²) in [6, 6.07) is 8.21. The first-order valence-electron chi connectivity index (χ1n) is 6.90. The molecule has 0 saturated carbocycles. The molecule has 1 aromatic carbocycles. The normalized spacial score (nSPS) is 18.4. The number of nitrogens with zero attached hydrogens (tertiary/aromatic N) is 2. The fraction of sp³-hybridized carbons (Fsp3) is 0.333. The molecule has 1 saturated heterocycles. The number of rotatable bonds is 4. The molecule has 3 rings (SSSR count). The summed E-state index contributed by atoms with van der Waals surface area (Å²) in [5, 5.41) is 6.53. The van der Waals surface area contributed by atoms with Crippen LogP contribution in [0.4, 0.5) is 11.6 Å². The maximum Gasteiger partial charge on any atom is 0.227 e. The van der Waals surface area contributed by atoms with E-state index in [9.17, 15) is 0 Å². The van der Waals surface area contributed by atoms with Gasteiger partial charge >= 0.3 is 0 Å². The van der Waals surface area contributed by atoms with E-state index >= 15 is 0 Å². The SMILES string of the molecule is CSc1cnc(Nc2ccc([C@H]3CNCCO3)cc2)nc1. The molecule has 6 heteroatoms. The van der Waals surface area contributed by atoms with Gasteiger partial charge in [-0.2, -0.15) is 0 Å². The first-order valence-corrected chi connectivity index (χ1v) is 8.13. The van der Waals surface area contributed by atoms with Crippen LogP contribution in [0.1, 0.15) is 11.7 Å². The number of hydrogen-bond donors (Lipinski definition) is 2. The van der Waals surface area contributed by atoms with E-state index in [2.05, 4.69) is 32.7 Å². The standard InChI is InChI=1S/C15H18N4OS/c1-21-13-8-17-15(18-9-13)19-12-4-2-11(3-5-12)14-10-16-6-7-20-14/h2-5,8-9,14,16H,6-7,10H2,1H3,(H,17,18,19)/t14-/m1/s1. The lowest BCUT2D eigenvalue weighted by atomic mass is 10.1. The van der Waals surface area contributed by atoms with E-state index < -0.39 is 0 Å². The largest absolute Gasteiger partial charge is 0.371 e. The van der Waals surface area contributed by atoms with Crippen LogP contribution in [-0.4, -0.2) is 35.9 Å². The molecule has 5 nitrogen and oxygen atoms in total. The van der Waals surface area contributed by atoms with Crippen molar-refractivity contribution in [3.8, 4) is 0 Å². The maximum absolute atomic E-state index is 5.74. The topological polar surface area (TPSA) is 59.1 Å². The van der Waals surface area contributed by atoms with E-state index in [1.807, 2.05) is 30.8 Å². The van der Waals surface area contributed by atoms with Crippen LogP contribution in [0.5, 0.6) is 0 Å². The van der Waals surface area contributed by atoms with Crippen LogP contribution in [0, 0.1) is 0 Å². The van der Waals surface area contributed by atoms with Crippen LogP contribution in [-0.2, 0) is 4.74 Å². The molecule has 2 aromatic rings. The molecule has 0 bridgehead atoms. The van der Waals surface area contributed by atoms with Gasteiger partial charge < -0.3 is 15.4 Å². The molecule has 0 amide bonds. The van der Waals surface area contributed by atoms with Gasteiger partial charge in [0.2, 0.25) is 5.95 Å². The van der Waals surface area contributed by atoms with E-state index in [4.69, 9.17) is 4.74 Å². The highest BCUT2D eigenvalue weighted by Crippen LogP contribution is 2.22. The molecule has 2 heterocycles. The van der Waals surface area contributed by atoms with Crippen molar-refractivity contribution in [1.29, 1.82) is 0 Å². The summed E-state index contributed by atoms with van der Waals surface area (Å²) in [7, 11) is 0. The Hall–Kier alpha value is -1.63. The summed E-state index contributed by atoms with van der Waals surface area (Å²) in [6.45, 7) is 2.56. The summed E-state index contributed by atoms with van der Waals surface area (Å²) >= 11 is 1.63. The molecule has 1 atom stereocenters. The smallest absolute Gasteiger partial charge is 0.227 e. The molecule has 1 aliphatic heterocycles. The van der Waals surface area contributed by atoms with E-state index in [1.54, 1.807) is 11.8 Å². The first kappa shape index (κ1) is 14.3. The van der Waals surface area contributed by atoms with Crippen LogP contribution in [0.2, 0.25) is 0 Å². The lowest BCUT2D eigenvalue weighted by Crippen LogP contribution is -2.33. The van der Waals surface area contributed by atoms with Crippen LogP contribution < -0.4 is 10.6 Å². The minimum atomic E-state index is 0.143. The van der Waals surface area contributed by atoms with Gasteiger partial charge in [-0.1, -0.05) is 12.1 Å². The van der Waals surface area contributed by atoms with Crippen LogP contribution in [0.15, 0.2) is 41.6 Å². The van der Waals surface area contributed by atoms with Crippen molar-refractivity contribution in [2.75, 3.05) is 31.3 Å². The van der Waals surface area contributed by atoms with E-state index in [0.717, 1.165) is 30.3 Å². The molecule has 0 radical (unpaired) electrons. The number of ether oxygens (including phenoxy) is 1. The third-order valence-electron chi connectivity index (χ3n) is 3.33. The summed E-state index contributed by atoms with van der Waals surface area (Å²) < 4.78 is 5.74. The highest BCUT2D eigenvalue weighted by Gasteiger charge is 2.15. The van der Waals surface area contributed by atoms with Crippen molar-refractivity contribution in [3.05, 3.63) is 42.2 Å². The van der Waals surface area contributed by atoms with Gasteiger partial charge in [-0.25, -0.2) is 9.97 Å². The van der Waals surface area contributed by atoms with Crippen molar-refractivity contribution >= 4 is 23.4 Å². The molecule has 0 aliphatic carbocycles. The summed E-state index contributed by atoms with van der Waals surface area (Å²) in [5.41, 5.74) is 2.16. The van der Waals surface area contributed by atoms with Gasteiger partial charge in [0.05, 0.1) is 12.7 Å². The second kappa shape index (κ2) is 6.89. The lowest BCUT2D eigenvalue weighted by Gasteiger charge is -2.24. The van der Waals surface area contributed by atoms with Gasteiger partial charge in [-0.05, 0) is 24.0 Å². The minimum absolute atomic E-state index is 0.143. The minimum Gasteiger partial charge on any atom is -0.371 e. The molecule has 1 aliphatic rings. The molecule has 110 valence electrons. The van der Waals surface area contributed by atoms with Crippen LogP contribution in [0.25, 0.3) is 0 Å².